The quantitative estimate of drug-likeness (QED) is 0.310. The lowest BCUT2D eigenvalue weighted by molar-refractivity contribution is -0.139. The molecule has 3 aromatic carbocycles. The number of hydrogen-bond donors (Lipinski definition) is 1. The Bertz CT molecular complexity index is 1470. The first-order valence-electron chi connectivity index (χ1n) is 14.2. The van der Waals surface area contributed by atoms with Crippen molar-refractivity contribution >= 4 is 27.5 Å². The molecule has 10 heteroatoms. The maximum Gasteiger partial charge on any atom is 0.264 e. The van der Waals surface area contributed by atoms with Crippen LogP contribution in [0.2, 0.25) is 0 Å². The van der Waals surface area contributed by atoms with Gasteiger partial charge >= 0.3 is 0 Å². The van der Waals surface area contributed by atoms with E-state index in [0.29, 0.717) is 12.4 Å². The summed E-state index contributed by atoms with van der Waals surface area (Å²) in [5.41, 5.74) is 1.93. The molecule has 3 aromatic rings. The van der Waals surface area contributed by atoms with Crippen LogP contribution in [-0.2, 0) is 26.2 Å². The van der Waals surface area contributed by atoms with Gasteiger partial charge in [0.2, 0.25) is 11.8 Å². The zero-order valence-corrected chi connectivity index (χ0v) is 25.1. The molecule has 1 aliphatic rings. The molecule has 0 unspecified atom stereocenters. The number of benzene rings is 3. The smallest absolute Gasteiger partial charge is 0.264 e. The molecule has 0 saturated heterocycles. The van der Waals surface area contributed by atoms with Gasteiger partial charge in [-0.25, -0.2) is 12.8 Å². The third kappa shape index (κ3) is 7.67. The Hall–Kier alpha value is -3.92. The Balaban J connectivity index is 1.67. The molecule has 0 aliphatic heterocycles. The van der Waals surface area contributed by atoms with E-state index >= 15 is 0 Å². The highest BCUT2D eigenvalue weighted by atomic mass is 32.2. The maximum atomic E-state index is 14.0. The number of carbonyl (C=O) groups is 2. The molecule has 1 fully saturated rings. The van der Waals surface area contributed by atoms with Crippen LogP contribution < -0.4 is 14.4 Å². The summed E-state index contributed by atoms with van der Waals surface area (Å²) in [6.07, 6.45) is 3.87. The van der Waals surface area contributed by atoms with Gasteiger partial charge in [0.1, 0.15) is 24.2 Å². The number of carbonyl (C=O) groups excluding carboxylic acids is 2. The summed E-state index contributed by atoms with van der Waals surface area (Å²) >= 11 is 0. The minimum Gasteiger partial charge on any atom is -0.494 e. The van der Waals surface area contributed by atoms with Crippen molar-refractivity contribution in [3.63, 3.8) is 0 Å². The molecule has 8 nitrogen and oxygen atoms in total. The van der Waals surface area contributed by atoms with Crippen LogP contribution in [0, 0.1) is 12.7 Å². The molecule has 0 spiro atoms. The number of hydrogen-bond acceptors (Lipinski definition) is 5. The van der Waals surface area contributed by atoms with Crippen LogP contribution in [0.5, 0.6) is 5.75 Å². The Labute approximate surface area is 247 Å². The number of amides is 2. The van der Waals surface area contributed by atoms with Crippen molar-refractivity contribution in [3.8, 4) is 5.75 Å². The minimum atomic E-state index is -4.26. The van der Waals surface area contributed by atoms with E-state index in [-0.39, 0.29) is 29.1 Å². The van der Waals surface area contributed by atoms with Gasteiger partial charge in [0.25, 0.3) is 10.0 Å². The Kier molecular flexibility index (Phi) is 10.2. The molecule has 2 amide bonds. The highest BCUT2D eigenvalue weighted by Crippen LogP contribution is 2.26. The summed E-state index contributed by atoms with van der Waals surface area (Å²) in [5.74, 6) is -0.885. The molecule has 1 aliphatic carbocycles. The number of anilines is 1. The highest BCUT2D eigenvalue weighted by Gasteiger charge is 2.33. The summed E-state index contributed by atoms with van der Waals surface area (Å²) in [5, 5.41) is 3.06. The van der Waals surface area contributed by atoms with Crippen molar-refractivity contribution in [2.45, 2.75) is 70.0 Å². The zero-order valence-electron chi connectivity index (χ0n) is 24.3. The van der Waals surface area contributed by atoms with E-state index in [0.717, 1.165) is 53.2 Å². The number of rotatable bonds is 12. The van der Waals surface area contributed by atoms with Gasteiger partial charge < -0.3 is 15.0 Å². The number of nitrogens with one attached hydrogen (secondary N) is 1. The van der Waals surface area contributed by atoms with Crippen molar-refractivity contribution < 1.29 is 27.1 Å². The van der Waals surface area contributed by atoms with Crippen LogP contribution in [0.25, 0.3) is 0 Å². The van der Waals surface area contributed by atoms with Crippen LogP contribution in [0.4, 0.5) is 10.1 Å². The topological polar surface area (TPSA) is 96.0 Å². The molecular formula is C32H38FN3O5S. The van der Waals surface area contributed by atoms with Gasteiger partial charge in [-0.3, -0.25) is 13.9 Å². The van der Waals surface area contributed by atoms with Gasteiger partial charge in [0, 0.05) is 12.6 Å². The molecule has 224 valence electrons. The average molecular weight is 596 g/mol. The van der Waals surface area contributed by atoms with Gasteiger partial charge in [0.05, 0.1) is 17.2 Å². The second-order valence-corrected chi connectivity index (χ2v) is 12.4. The number of nitrogens with zero attached hydrogens (tertiary/aromatic N) is 2. The van der Waals surface area contributed by atoms with Gasteiger partial charge in [-0.1, -0.05) is 42.7 Å². The van der Waals surface area contributed by atoms with Gasteiger partial charge in [0.15, 0.2) is 0 Å². The van der Waals surface area contributed by atoms with Crippen molar-refractivity contribution in [2.75, 3.05) is 17.5 Å². The number of ether oxygens (including phenoxy) is 1. The fourth-order valence-corrected chi connectivity index (χ4v) is 6.53. The maximum absolute atomic E-state index is 14.0. The molecule has 0 heterocycles. The molecule has 0 radical (unpaired) electrons. The van der Waals surface area contributed by atoms with Crippen molar-refractivity contribution in [3.05, 3.63) is 89.7 Å². The van der Waals surface area contributed by atoms with E-state index < -0.39 is 34.3 Å². The van der Waals surface area contributed by atoms with Gasteiger partial charge in [-0.05, 0) is 87.7 Å². The molecule has 1 atom stereocenters. The van der Waals surface area contributed by atoms with Gasteiger partial charge in [-0.2, -0.15) is 0 Å². The van der Waals surface area contributed by atoms with E-state index in [1.54, 1.807) is 19.1 Å². The normalized spacial score (nSPS) is 14.3. The summed E-state index contributed by atoms with van der Waals surface area (Å²) < 4.78 is 48.1. The van der Waals surface area contributed by atoms with Crippen LogP contribution in [0.3, 0.4) is 0 Å². The number of sulfonamides is 1. The Morgan fingerprint density at radius 1 is 1.02 bits per heavy atom. The average Bonchev–Trinajstić information content (AvgIpc) is 3.48. The predicted molar refractivity (Wildman–Crippen MR) is 160 cm³/mol. The van der Waals surface area contributed by atoms with E-state index in [1.165, 1.54) is 29.2 Å². The predicted octanol–water partition coefficient (Wildman–Crippen LogP) is 5.20. The fraction of sp³-hybridized carbons (Fsp3) is 0.375. The third-order valence-corrected chi connectivity index (χ3v) is 9.21. The molecular weight excluding hydrogens is 557 g/mol. The third-order valence-electron chi connectivity index (χ3n) is 7.42. The van der Waals surface area contributed by atoms with E-state index in [9.17, 15) is 22.4 Å². The standard InChI is InChI=1S/C32H38FN3O5S/c1-4-41-29-16-18-30(19-17-29)42(39,40)36(28-14-12-26(33)13-15-28)22-31(37)35(21-25-9-7-8-23(2)20-25)24(3)32(38)34-27-10-5-6-11-27/h7-9,12-20,24,27H,4-6,10-11,21-22H2,1-3H3,(H,34,38)/t24-/m1/s1. The number of halogens is 1. The van der Waals surface area contributed by atoms with Crippen LogP contribution in [0.15, 0.2) is 77.7 Å². The molecule has 0 aromatic heterocycles. The van der Waals surface area contributed by atoms with E-state index in [1.807, 2.05) is 38.1 Å². The lowest BCUT2D eigenvalue weighted by atomic mass is 10.1. The lowest BCUT2D eigenvalue weighted by Crippen LogP contribution is -2.52. The first-order valence-corrected chi connectivity index (χ1v) is 15.7. The summed E-state index contributed by atoms with van der Waals surface area (Å²) in [6, 6.07) is 17.6. The van der Waals surface area contributed by atoms with Crippen LogP contribution >= 0.6 is 0 Å². The molecule has 1 N–H and O–H groups in total. The molecule has 42 heavy (non-hydrogen) atoms. The van der Waals surface area contributed by atoms with Crippen LogP contribution in [-0.4, -0.2) is 50.4 Å². The highest BCUT2D eigenvalue weighted by molar-refractivity contribution is 7.92. The van der Waals surface area contributed by atoms with Crippen LogP contribution in [0.1, 0.15) is 50.7 Å². The second-order valence-electron chi connectivity index (χ2n) is 10.6. The Morgan fingerprint density at radius 3 is 2.31 bits per heavy atom. The summed E-state index contributed by atoms with van der Waals surface area (Å²) in [4.78, 5) is 28.7. The van der Waals surface area contributed by atoms with Crippen molar-refractivity contribution in [1.29, 1.82) is 0 Å². The largest absolute Gasteiger partial charge is 0.494 e. The minimum absolute atomic E-state index is 0.0552. The van der Waals surface area contributed by atoms with E-state index in [2.05, 4.69) is 5.32 Å². The summed E-state index contributed by atoms with van der Waals surface area (Å²) in [7, 11) is -4.26. The lowest BCUT2D eigenvalue weighted by Gasteiger charge is -2.32. The van der Waals surface area contributed by atoms with Crippen molar-refractivity contribution in [2.24, 2.45) is 0 Å². The number of aryl methyl sites for hydroxylation is 1. The zero-order chi connectivity index (χ0) is 30.3. The fourth-order valence-electron chi connectivity index (χ4n) is 5.12. The monoisotopic (exact) mass is 595 g/mol. The molecule has 1 saturated carbocycles. The van der Waals surface area contributed by atoms with E-state index in [4.69, 9.17) is 4.74 Å². The van der Waals surface area contributed by atoms with Gasteiger partial charge in [-0.15, -0.1) is 0 Å². The SMILES string of the molecule is CCOc1ccc(S(=O)(=O)N(CC(=O)N(Cc2cccc(C)c2)[C@H](C)C(=O)NC2CCCC2)c2ccc(F)cc2)cc1. The summed E-state index contributed by atoms with van der Waals surface area (Å²) in [6.45, 7) is 5.36. The first-order chi connectivity index (χ1) is 20.1. The van der Waals surface area contributed by atoms with Crippen molar-refractivity contribution in [1.82, 2.24) is 10.2 Å². The Morgan fingerprint density at radius 2 is 1.69 bits per heavy atom. The molecule has 0 bridgehead atoms. The second kappa shape index (κ2) is 13.8. The first kappa shape index (κ1) is 31.0. The molecule has 4 rings (SSSR count).